The number of fused-ring (bicyclic) bond motifs is 1. The first-order valence-electron chi connectivity index (χ1n) is 9.54. The fourth-order valence-electron chi connectivity index (χ4n) is 2.69. The van der Waals surface area contributed by atoms with Crippen LogP contribution in [0, 0.1) is 31.1 Å². The molecule has 0 radical (unpaired) electrons. The van der Waals surface area contributed by atoms with Gasteiger partial charge in [0.05, 0.1) is 18.7 Å². The van der Waals surface area contributed by atoms with Crippen molar-refractivity contribution < 1.29 is 40.6 Å². The van der Waals surface area contributed by atoms with Gasteiger partial charge in [-0.05, 0) is 61.4 Å². The summed E-state index contributed by atoms with van der Waals surface area (Å²) in [5.74, 6) is 1.06. The predicted molar refractivity (Wildman–Crippen MR) is 122 cm³/mol. The van der Waals surface area contributed by atoms with E-state index in [4.69, 9.17) is 4.74 Å². The quantitative estimate of drug-likeness (QED) is 0.324. The van der Waals surface area contributed by atoms with Crippen LogP contribution in [0.1, 0.15) is 35.5 Å². The minimum atomic E-state index is -0.241. The number of hydrogen-bond donors (Lipinski definition) is 1. The summed E-state index contributed by atoms with van der Waals surface area (Å²) in [5, 5.41) is 10.7. The summed E-state index contributed by atoms with van der Waals surface area (Å²) in [6.07, 6.45) is 11.1. The molecule has 2 aromatic rings. The molecule has 0 spiro atoms. The Kier molecular flexibility index (Phi) is 11.9. The van der Waals surface area contributed by atoms with E-state index in [-0.39, 0.29) is 37.0 Å². The van der Waals surface area contributed by atoms with Crippen LogP contribution >= 0.6 is 0 Å². The maximum absolute atomic E-state index is 11.9. The molecule has 1 aliphatic heterocycles. The number of amides is 1. The zero-order chi connectivity index (χ0) is 21.9. The molecule has 0 fully saturated rings. The molecule has 2 aromatic heterocycles. The van der Waals surface area contributed by atoms with Gasteiger partial charge in [0.15, 0.2) is 0 Å². The van der Waals surface area contributed by atoms with E-state index in [0.29, 0.717) is 23.6 Å². The summed E-state index contributed by atoms with van der Waals surface area (Å²) in [4.78, 5) is 20.6. The average Bonchev–Trinajstić information content (AvgIpc) is 2.75. The first-order valence-corrected chi connectivity index (χ1v) is 9.54. The second kappa shape index (κ2) is 13.8. The van der Waals surface area contributed by atoms with Gasteiger partial charge < -0.3 is 25.5 Å². The number of ether oxygens (including phenoxy) is 1. The monoisotopic (exact) mass is 643 g/mol. The van der Waals surface area contributed by atoms with Gasteiger partial charge >= 0.3 is 31.1 Å². The van der Waals surface area contributed by atoms with E-state index in [1.54, 1.807) is 33.6 Å². The zero-order valence-electron chi connectivity index (χ0n) is 18.5. The smallest absolute Gasteiger partial charge is 0.668 e. The van der Waals surface area contributed by atoms with Gasteiger partial charge in [0, 0.05) is 24.5 Å². The predicted octanol–water partition coefficient (Wildman–Crippen LogP) is 5.38. The molecule has 0 aliphatic carbocycles. The Morgan fingerprint density at radius 1 is 1.19 bits per heavy atom. The fraction of sp³-hybridized carbons (Fsp3) is 0.261. The molecule has 0 unspecified atom stereocenters. The molecule has 31 heavy (non-hydrogen) atoms. The number of allylic oxidation sites excluding steroid dienone is 5. The third-order valence-corrected chi connectivity index (χ3v) is 4.20. The van der Waals surface area contributed by atoms with Crippen molar-refractivity contribution in [2.75, 3.05) is 26.5 Å². The number of rotatable bonds is 7. The molecule has 160 valence electrons. The molecular formula is C23H27N5O2U. The van der Waals surface area contributed by atoms with Crippen LogP contribution in [0.25, 0.3) is 16.2 Å². The molecule has 0 bridgehead atoms. The minimum Gasteiger partial charge on any atom is -0.668 e. The molecule has 0 saturated heterocycles. The summed E-state index contributed by atoms with van der Waals surface area (Å²) in [7, 11) is 5.13. The van der Waals surface area contributed by atoms with Gasteiger partial charge in [-0.3, -0.25) is 4.98 Å². The van der Waals surface area contributed by atoms with E-state index in [9.17, 15) is 4.79 Å². The summed E-state index contributed by atoms with van der Waals surface area (Å²) < 4.78 is 5.26. The second-order valence-corrected chi connectivity index (χ2v) is 6.30. The summed E-state index contributed by atoms with van der Waals surface area (Å²) in [6, 6.07) is 5.66. The maximum atomic E-state index is 11.9. The Hall–Kier alpha value is -2.40. The molecule has 3 heterocycles. The van der Waals surface area contributed by atoms with Crippen molar-refractivity contribution in [2.24, 2.45) is 0 Å². The molecule has 1 amide bonds. The van der Waals surface area contributed by atoms with E-state index in [0.717, 1.165) is 22.6 Å². The molecule has 8 heteroatoms. The van der Waals surface area contributed by atoms with Crippen molar-refractivity contribution in [3.8, 4) is 0 Å². The summed E-state index contributed by atoms with van der Waals surface area (Å²) in [5.41, 5.74) is 3.91. The van der Waals surface area contributed by atoms with E-state index >= 15 is 0 Å². The van der Waals surface area contributed by atoms with Crippen LogP contribution in [0.15, 0.2) is 60.7 Å². The third kappa shape index (κ3) is 7.35. The average molecular weight is 644 g/mol. The van der Waals surface area contributed by atoms with Crippen LogP contribution in [0.2, 0.25) is 0 Å². The van der Waals surface area contributed by atoms with E-state index in [1.165, 1.54) is 0 Å². The van der Waals surface area contributed by atoms with E-state index in [2.05, 4.69) is 25.9 Å². The fourth-order valence-corrected chi connectivity index (χ4v) is 2.69. The van der Waals surface area contributed by atoms with Crippen LogP contribution < -0.4 is 5.32 Å². The molecule has 0 atom stereocenters. The third-order valence-electron chi connectivity index (χ3n) is 4.20. The van der Waals surface area contributed by atoms with Crippen LogP contribution in [0.4, 0.5) is 11.5 Å². The largest absolute Gasteiger partial charge is 2.00 e. The van der Waals surface area contributed by atoms with Crippen molar-refractivity contribution in [3.05, 3.63) is 88.1 Å². The normalized spacial score (nSPS) is 12.6. The Bertz CT molecular complexity index is 956. The van der Waals surface area contributed by atoms with Gasteiger partial charge in [0.1, 0.15) is 11.6 Å². The van der Waals surface area contributed by atoms with Gasteiger partial charge in [-0.2, -0.15) is 14.1 Å². The Balaban J connectivity index is 0.00000113. The molecule has 1 aliphatic rings. The number of anilines is 1. The van der Waals surface area contributed by atoms with E-state index < -0.39 is 0 Å². The van der Waals surface area contributed by atoms with Crippen LogP contribution in [-0.4, -0.2) is 37.1 Å². The molecule has 3 rings (SSSR count). The van der Waals surface area contributed by atoms with E-state index in [1.807, 2.05) is 56.4 Å². The molecule has 7 nitrogen and oxygen atoms in total. The number of carbonyl (C=O) groups is 1. The van der Waals surface area contributed by atoms with Crippen molar-refractivity contribution in [1.29, 1.82) is 0 Å². The number of carbonyl (C=O) groups excluding carboxylic acids is 1. The molecule has 0 aromatic carbocycles. The minimum absolute atomic E-state index is 0. The van der Waals surface area contributed by atoms with Gasteiger partial charge in [-0.15, -0.1) is 5.69 Å². The van der Waals surface area contributed by atoms with Crippen molar-refractivity contribution >= 4 is 23.0 Å². The summed E-state index contributed by atoms with van der Waals surface area (Å²) in [6.45, 7) is 4.40. The number of pyridine rings is 2. The van der Waals surface area contributed by atoms with Crippen molar-refractivity contribution in [1.82, 2.24) is 9.97 Å². The topological polar surface area (TPSA) is 92.3 Å². The number of nitrogens with zero attached hydrogens (tertiary/aromatic N) is 4. The Morgan fingerprint density at radius 3 is 2.42 bits per heavy atom. The van der Waals surface area contributed by atoms with Gasteiger partial charge in [0.25, 0.3) is 0 Å². The standard InChI is InChI=1S/C21H22N4O2.C2H6N.U/c1-4-15(6-7-16(5-2)27-3)17-12-18-19(21(26)25-18)20(24-17)23-13-14-8-10-22-11-9-14;1-3-2;/h4-12H,13H2,1-3H3,(H2,23,24,25,26);1-2H3;/q;-1;+2/p-1/b7-6-,15-4+,16-5-;;. The SMILES string of the molecule is C/C=C(/C=C\C(=C/C)c1cc2c(c(NCc3ccncc3)n1)C(=O)[N-]2)OC.C[N-]C.[U+2]. The van der Waals surface area contributed by atoms with Gasteiger partial charge in [-0.25, -0.2) is 4.98 Å². The van der Waals surface area contributed by atoms with Crippen LogP contribution in [-0.2, 0) is 11.3 Å². The first-order chi connectivity index (χ1) is 14.6. The van der Waals surface area contributed by atoms with Crippen LogP contribution in [0.5, 0.6) is 0 Å². The molecule has 1 N–H and O–H groups in total. The Morgan fingerprint density at radius 2 is 1.87 bits per heavy atom. The summed E-state index contributed by atoms with van der Waals surface area (Å²) >= 11 is 0. The van der Waals surface area contributed by atoms with Crippen LogP contribution in [0.3, 0.4) is 0 Å². The molecule has 0 saturated carbocycles. The number of nitrogens with one attached hydrogen (secondary N) is 1. The zero-order valence-corrected chi connectivity index (χ0v) is 22.7. The number of methoxy groups -OCH3 is 1. The Labute approximate surface area is 207 Å². The first kappa shape index (κ1) is 26.6. The van der Waals surface area contributed by atoms with Crippen molar-refractivity contribution in [3.63, 3.8) is 0 Å². The van der Waals surface area contributed by atoms with Gasteiger partial charge in [-0.1, -0.05) is 6.08 Å². The number of aromatic nitrogens is 2. The second-order valence-electron chi connectivity index (χ2n) is 6.30. The van der Waals surface area contributed by atoms with Crippen molar-refractivity contribution in [2.45, 2.75) is 20.4 Å². The van der Waals surface area contributed by atoms with Gasteiger partial charge in [0.2, 0.25) is 0 Å². The maximum Gasteiger partial charge on any atom is 2.00 e. The number of hydrogen-bond acceptors (Lipinski definition) is 5. The molecular weight excluding hydrogens is 616 g/mol.